The second-order valence-electron chi connectivity index (χ2n) is 11.5. The second-order valence-corrected chi connectivity index (χ2v) is 11.5. The molecule has 0 spiro atoms. The minimum absolute atomic E-state index is 0.0761. The number of likely N-dealkylation sites (tertiary alicyclic amines) is 1. The van der Waals surface area contributed by atoms with Crippen LogP contribution in [0.3, 0.4) is 0 Å². The quantitative estimate of drug-likeness (QED) is 0.205. The first-order chi connectivity index (χ1) is 19.9. The van der Waals surface area contributed by atoms with Gasteiger partial charge in [-0.15, -0.1) is 0 Å². The Hall–Kier alpha value is -4.33. The number of hydrogen-bond donors (Lipinski definition) is 1. The maximum absolute atomic E-state index is 10.6. The van der Waals surface area contributed by atoms with Gasteiger partial charge in [0.25, 0.3) is 0 Å². The zero-order chi connectivity index (χ0) is 28.7. The summed E-state index contributed by atoms with van der Waals surface area (Å²) in [6.07, 6.45) is 4.53. The zero-order valence-corrected chi connectivity index (χ0v) is 24.0. The maximum Gasteiger partial charge on any atom is 0.123 e. The molecule has 0 amide bonds. The fourth-order valence-electron chi connectivity index (χ4n) is 5.83. The van der Waals surface area contributed by atoms with Crippen molar-refractivity contribution in [3.8, 4) is 22.9 Å². The first kappa shape index (κ1) is 28.2. The van der Waals surface area contributed by atoms with Crippen molar-refractivity contribution in [1.29, 1.82) is 5.26 Å². The summed E-state index contributed by atoms with van der Waals surface area (Å²) in [6.45, 7) is 6.90. The molecule has 0 bridgehead atoms. The fraction of sp³-hybridized carbons (Fsp3) is 0.270. The number of hydrogen-bond acceptors (Lipinski definition) is 4. The molecule has 41 heavy (non-hydrogen) atoms. The van der Waals surface area contributed by atoms with E-state index in [1.54, 1.807) is 6.07 Å². The van der Waals surface area contributed by atoms with Crippen LogP contribution in [0, 0.1) is 11.3 Å². The first-order valence-corrected chi connectivity index (χ1v) is 14.4. The van der Waals surface area contributed by atoms with Crippen molar-refractivity contribution in [1.82, 2.24) is 4.90 Å². The molecule has 0 aliphatic carbocycles. The van der Waals surface area contributed by atoms with Crippen LogP contribution in [0.2, 0.25) is 0 Å². The number of para-hydroxylation sites is 1. The highest BCUT2D eigenvalue weighted by atomic mass is 16.5. The Kier molecular flexibility index (Phi) is 8.57. The summed E-state index contributed by atoms with van der Waals surface area (Å²) in [4.78, 5) is 2.51. The van der Waals surface area contributed by atoms with Crippen molar-refractivity contribution in [2.75, 3.05) is 13.1 Å². The van der Waals surface area contributed by atoms with E-state index in [0.717, 1.165) is 60.2 Å². The second kappa shape index (κ2) is 12.5. The maximum atomic E-state index is 10.6. The van der Waals surface area contributed by atoms with Gasteiger partial charge in [0.1, 0.15) is 17.8 Å². The average Bonchev–Trinajstić information content (AvgIpc) is 3.49. The van der Waals surface area contributed by atoms with E-state index in [4.69, 9.17) is 4.74 Å². The smallest absolute Gasteiger partial charge is 0.123 e. The molecule has 1 N–H and O–H groups in total. The van der Waals surface area contributed by atoms with E-state index in [9.17, 15) is 10.4 Å². The first-order valence-electron chi connectivity index (χ1n) is 14.4. The third-order valence-electron chi connectivity index (χ3n) is 8.43. The lowest BCUT2D eigenvalue weighted by Gasteiger charge is -2.38. The van der Waals surface area contributed by atoms with Crippen molar-refractivity contribution >= 4 is 0 Å². The van der Waals surface area contributed by atoms with Crippen LogP contribution in [0.1, 0.15) is 49.8 Å². The van der Waals surface area contributed by atoms with Gasteiger partial charge < -0.3 is 9.84 Å². The summed E-state index contributed by atoms with van der Waals surface area (Å²) in [6, 6.07) is 38.6. The number of aromatic hydroxyl groups is 1. The Morgan fingerprint density at radius 2 is 1.51 bits per heavy atom. The number of nitrogens with zero attached hydrogens (tertiary/aromatic N) is 2. The SMILES string of the molecule is CC(C)(CCC(C#N)(c1ccccc1)c1ccccc1)N1CC/C(=C/OCc2cccc(-c3ccccc3O)c2)C1. The topological polar surface area (TPSA) is 56.5 Å². The Morgan fingerprint density at radius 1 is 0.854 bits per heavy atom. The zero-order valence-electron chi connectivity index (χ0n) is 24.0. The van der Waals surface area contributed by atoms with Crippen molar-refractivity contribution in [3.63, 3.8) is 0 Å². The van der Waals surface area contributed by atoms with Gasteiger partial charge in [0.05, 0.1) is 12.3 Å². The number of phenolic OH excluding ortho intramolecular Hbond substituents is 1. The number of ether oxygens (including phenoxy) is 1. The Morgan fingerprint density at radius 3 is 2.17 bits per heavy atom. The summed E-state index contributed by atoms with van der Waals surface area (Å²) in [5, 5.41) is 20.8. The third kappa shape index (κ3) is 6.37. The molecule has 5 rings (SSSR count). The summed E-state index contributed by atoms with van der Waals surface area (Å²) in [7, 11) is 0. The molecule has 1 aliphatic heterocycles. The van der Waals surface area contributed by atoms with Crippen LogP contribution in [0.5, 0.6) is 5.75 Å². The molecule has 4 heteroatoms. The number of phenols is 1. The molecule has 0 aromatic heterocycles. The number of benzene rings is 4. The van der Waals surface area contributed by atoms with Crippen LogP contribution < -0.4 is 0 Å². The summed E-state index contributed by atoms with van der Waals surface area (Å²) in [5.74, 6) is 0.279. The molecule has 1 heterocycles. The Balaban J connectivity index is 1.23. The van der Waals surface area contributed by atoms with Crippen LogP contribution in [0.15, 0.2) is 121 Å². The standard InChI is InChI=1S/C37H38N2O2/c1-36(2,21-22-37(28-38,32-14-5-3-6-15-32)33-16-7-4-8-17-33)39-23-20-30(25-39)27-41-26-29-12-11-13-31(24-29)34-18-9-10-19-35(34)40/h3-19,24,27,40H,20-23,25-26H2,1-2H3/b30-27-. The molecular weight excluding hydrogens is 504 g/mol. The lowest BCUT2D eigenvalue weighted by atomic mass is 9.70. The van der Waals surface area contributed by atoms with Gasteiger partial charge >= 0.3 is 0 Å². The van der Waals surface area contributed by atoms with Gasteiger partial charge in [-0.3, -0.25) is 4.90 Å². The average molecular weight is 543 g/mol. The minimum Gasteiger partial charge on any atom is -0.507 e. The number of nitriles is 1. The molecule has 1 fully saturated rings. The highest BCUT2D eigenvalue weighted by Crippen LogP contribution is 2.40. The van der Waals surface area contributed by atoms with Gasteiger partial charge in [0.2, 0.25) is 0 Å². The van der Waals surface area contributed by atoms with Crippen LogP contribution in [-0.4, -0.2) is 28.6 Å². The van der Waals surface area contributed by atoms with Crippen molar-refractivity contribution in [3.05, 3.63) is 138 Å². The molecule has 1 saturated heterocycles. The number of rotatable bonds is 10. The Labute approximate surface area is 244 Å². The molecule has 4 aromatic carbocycles. The summed E-state index contributed by atoms with van der Waals surface area (Å²) in [5.41, 5.74) is 5.48. The molecule has 1 aliphatic rings. The van der Waals surface area contributed by atoms with Crippen molar-refractivity contribution < 1.29 is 9.84 Å². The van der Waals surface area contributed by atoms with Gasteiger partial charge in [0, 0.05) is 24.2 Å². The van der Waals surface area contributed by atoms with Crippen molar-refractivity contribution in [2.45, 2.75) is 50.7 Å². The molecular formula is C37H38N2O2. The van der Waals surface area contributed by atoms with Crippen LogP contribution in [-0.2, 0) is 16.8 Å². The van der Waals surface area contributed by atoms with Gasteiger partial charge in [-0.05, 0) is 73.1 Å². The van der Waals surface area contributed by atoms with E-state index in [1.807, 2.05) is 79.1 Å². The molecule has 0 radical (unpaired) electrons. The highest BCUT2D eigenvalue weighted by molar-refractivity contribution is 5.70. The van der Waals surface area contributed by atoms with E-state index >= 15 is 0 Å². The van der Waals surface area contributed by atoms with Gasteiger partial charge in [0.15, 0.2) is 0 Å². The van der Waals surface area contributed by atoms with Gasteiger partial charge in [-0.1, -0.05) is 97.1 Å². The lowest BCUT2D eigenvalue weighted by Crippen LogP contribution is -2.43. The predicted octanol–water partition coefficient (Wildman–Crippen LogP) is 8.23. The van der Waals surface area contributed by atoms with E-state index in [2.05, 4.69) is 55.1 Å². The van der Waals surface area contributed by atoms with E-state index in [1.165, 1.54) is 5.57 Å². The molecule has 208 valence electrons. The summed E-state index contributed by atoms with van der Waals surface area (Å²) < 4.78 is 6.04. The van der Waals surface area contributed by atoms with E-state index in [-0.39, 0.29) is 11.3 Å². The molecule has 0 unspecified atom stereocenters. The fourth-order valence-corrected chi connectivity index (χ4v) is 5.83. The van der Waals surface area contributed by atoms with Gasteiger partial charge in [-0.25, -0.2) is 0 Å². The highest BCUT2D eigenvalue weighted by Gasteiger charge is 2.38. The monoisotopic (exact) mass is 542 g/mol. The molecule has 4 nitrogen and oxygen atoms in total. The summed E-state index contributed by atoms with van der Waals surface area (Å²) >= 11 is 0. The van der Waals surface area contributed by atoms with Crippen LogP contribution >= 0.6 is 0 Å². The van der Waals surface area contributed by atoms with Crippen molar-refractivity contribution in [2.24, 2.45) is 0 Å². The van der Waals surface area contributed by atoms with Crippen LogP contribution in [0.4, 0.5) is 0 Å². The van der Waals surface area contributed by atoms with E-state index < -0.39 is 5.41 Å². The molecule has 0 saturated carbocycles. The molecule has 4 aromatic rings. The predicted molar refractivity (Wildman–Crippen MR) is 165 cm³/mol. The van der Waals surface area contributed by atoms with Gasteiger partial charge in [-0.2, -0.15) is 5.26 Å². The van der Waals surface area contributed by atoms with Crippen LogP contribution in [0.25, 0.3) is 11.1 Å². The van der Waals surface area contributed by atoms with E-state index in [0.29, 0.717) is 6.61 Å². The molecule has 0 atom stereocenters. The lowest BCUT2D eigenvalue weighted by molar-refractivity contribution is 0.139. The normalized spacial score (nSPS) is 15.1. The Bertz CT molecular complexity index is 1480. The third-order valence-corrected chi connectivity index (χ3v) is 8.43. The minimum atomic E-state index is -0.688. The largest absolute Gasteiger partial charge is 0.507 e.